The maximum Gasteiger partial charge on any atom is 0.304 e. The average Bonchev–Trinajstić information content (AvgIpc) is 2.59. The van der Waals surface area contributed by atoms with Gasteiger partial charge < -0.3 is 29.2 Å². The molecule has 7 heteroatoms. The number of rotatable bonds is 10. The molecule has 1 aromatic rings. The van der Waals surface area contributed by atoms with Crippen molar-refractivity contribution < 1.29 is 34.0 Å². The lowest BCUT2D eigenvalue weighted by molar-refractivity contribution is -0.146. The van der Waals surface area contributed by atoms with Crippen LogP contribution in [-0.4, -0.2) is 50.9 Å². The van der Waals surface area contributed by atoms with E-state index in [0.29, 0.717) is 29.0 Å². The molecule has 2 N–H and O–H groups in total. The van der Waals surface area contributed by atoms with Crippen molar-refractivity contribution in [3.8, 4) is 11.5 Å². The van der Waals surface area contributed by atoms with E-state index in [9.17, 15) is 15.0 Å². The quantitative estimate of drug-likeness (QED) is 0.630. The van der Waals surface area contributed by atoms with Gasteiger partial charge in [0.15, 0.2) is 6.29 Å². The minimum absolute atomic E-state index is 0.186. The van der Waals surface area contributed by atoms with E-state index in [2.05, 4.69) is 0 Å². The molecule has 0 amide bonds. The molecule has 0 aliphatic rings. The zero-order chi connectivity index (χ0) is 18.3. The molecule has 0 spiro atoms. The Morgan fingerprint density at radius 1 is 1.08 bits per heavy atom. The van der Waals surface area contributed by atoms with Gasteiger partial charge in [-0.15, -0.1) is 0 Å². The number of carboxylic acid groups (broad SMARTS) is 1. The van der Waals surface area contributed by atoms with Crippen LogP contribution in [-0.2, 0) is 14.3 Å². The first-order valence-electron chi connectivity index (χ1n) is 7.64. The fourth-order valence-electron chi connectivity index (χ4n) is 2.69. The van der Waals surface area contributed by atoms with Gasteiger partial charge in [-0.2, -0.15) is 0 Å². The van der Waals surface area contributed by atoms with Crippen molar-refractivity contribution in [2.24, 2.45) is 0 Å². The van der Waals surface area contributed by atoms with E-state index >= 15 is 0 Å². The smallest absolute Gasteiger partial charge is 0.304 e. The molecule has 0 bridgehead atoms. The minimum atomic E-state index is -0.977. The van der Waals surface area contributed by atoms with Crippen LogP contribution in [0.5, 0.6) is 11.5 Å². The Morgan fingerprint density at radius 3 is 1.92 bits per heavy atom. The third kappa shape index (κ3) is 4.59. The van der Waals surface area contributed by atoms with Crippen LogP contribution in [0.1, 0.15) is 42.9 Å². The SMILES string of the molecule is CCC(O)c1c(OC)cc(C(CC(=O)O)C(OC)OC)cc1OC. The minimum Gasteiger partial charge on any atom is -0.496 e. The molecule has 1 rings (SSSR count). The number of aliphatic carboxylic acids is 1. The summed E-state index contributed by atoms with van der Waals surface area (Å²) in [4.78, 5) is 11.2. The van der Waals surface area contributed by atoms with Crippen molar-refractivity contribution in [1.82, 2.24) is 0 Å². The van der Waals surface area contributed by atoms with Crippen LogP contribution in [0.2, 0.25) is 0 Å². The van der Waals surface area contributed by atoms with Gasteiger partial charge in [-0.25, -0.2) is 0 Å². The van der Waals surface area contributed by atoms with Gasteiger partial charge in [0.25, 0.3) is 0 Å². The zero-order valence-corrected chi connectivity index (χ0v) is 14.7. The summed E-state index contributed by atoms with van der Waals surface area (Å²) in [5, 5.41) is 19.4. The number of benzene rings is 1. The lowest BCUT2D eigenvalue weighted by Crippen LogP contribution is -2.25. The van der Waals surface area contributed by atoms with E-state index in [4.69, 9.17) is 18.9 Å². The van der Waals surface area contributed by atoms with E-state index in [1.54, 1.807) is 12.1 Å². The third-order valence-electron chi connectivity index (χ3n) is 3.90. The van der Waals surface area contributed by atoms with Crippen LogP contribution >= 0.6 is 0 Å². The summed E-state index contributed by atoms with van der Waals surface area (Å²) >= 11 is 0. The predicted octanol–water partition coefficient (Wildman–Crippen LogP) is 2.32. The predicted molar refractivity (Wildman–Crippen MR) is 87.6 cm³/mol. The van der Waals surface area contributed by atoms with Gasteiger partial charge in [-0.05, 0) is 24.1 Å². The van der Waals surface area contributed by atoms with Crippen molar-refractivity contribution >= 4 is 5.97 Å². The molecule has 136 valence electrons. The highest BCUT2D eigenvalue weighted by Gasteiger charge is 2.29. The first-order chi connectivity index (χ1) is 11.4. The molecular formula is C17H26O7. The number of hydrogen-bond acceptors (Lipinski definition) is 6. The van der Waals surface area contributed by atoms with Gasteiger partial charge in [0.1, 0.15) is 11.5 Å². The van der Waals surface area contributed by atoms with Crippen molar-refractivity contribution in [1.29, 1.82) is 0 Å². The number of ether oxygens (including phenoxy) is 4. The Balaban J connectivity index is 3.46. The van der Waals surface area contributed by atoms with Gasteiger partial charge >= 0.3 is 5.97 Å². The zero-order valence-electron chi connectivity index (χ0n) is 14.7. The van der Waals surface area contributed by atoms with Crippen LogP contribution in [0.25, 0.3) is 0 Å². The van der Waals surface area contributed by atoms with Crippen LogP contribution in [0, 0.1) is 0 Å². The van der Waals surface area contributed by atoms with Crippen molar-refractivity contribution in [2.45, 2.75) is 38.1 Å². The molecule has 0 heterocycles. The average molecular weight is 342 g/mol. The summed E-state index contributed by atoms with van der Waals surface area (Å²) in [6.45, 7) is 1.84. The Bertz CT molecular complexity index is 515. The lowest BCUT2D eigenvalue weighted by atomic mass is 9.91. The fraction of sp³-hybridized carbons (Fsp3) is 0.588. The lowest BCUT2D eigenvalue weighted by Gasteiger charge is -2.26. The number of aliphatic hydroxyl groups excluding tert-OH is 1. The van der Waals surface area contributed by atoms with Crippen LogP contribution in [0.15, 0.2) is 12.1 Å². The van der Waals surface area contributed by atoms with E-state index in [-0.39, 0.29) is 6.42 Å². The molecular weight excluding hydrogens is 316 g/mol. The topological polar surface area (TPSA) is 94.5 Å². The van der Waals surface area contributed by atoms with Crippen molar-refractivity contribution in [3.05, 3.63) is 23.3 Å². The summed E-state index contributed by atoms with van der Waals surface area (Å²) < 4.78 is 21.3. The van der Waals surface area contributed by atoms with Crippen LogP contribution in [0.3, 0.4) is 0 Å². The Labute approximate surface area is 142 Å². The number of hydrogen-bond donors (Lipinski definition) is 2. The number of methoxy groups -OCH3 is 4. The standard InChI is InChI=1S/C17H26O7/c1-6-12(18)16-13(21-2)7-10(8-14(16)22-3)11(9-15(19)20)17(23-4)24-5/h7-8,11-12,17-18H,6,9H2,1-5H3,(H,19,20). The maximum absolute atomic E-state index is 11.2. The molecule has 0 aliphatic carbocycles. The van der Waals surface area contributed by atoms with E-state index in [1.807, 2.05) is 6.92 Å². The molecule has 1 aromatic carbocycles. The van der Waals surface area contributed by atoms with Crippen molar-refractivity contribution in [2.75, 3.05) is 28.4 Å². The molecule has 2 atom stereocenters. The summed E-state index contributed by atoms with van der Waals surface area (Å²) in [7, 11) is 5.88. The van der Waals surface area contributed by atoms with Gasteiger partial charge in [-0.1, -0.05) is 6.92 Å². The summed E-state index contributed by atoms with van der Waals surface area (Å²) in [6.07, 6.45) is -1.18. The molecule has 7 nitrogen and oxygen atoms in total. The van der Waals surface area contributed by atoms with E-state index in [1.165, 1.54) is 28.4 Å². The van der Waals surface area contributed by atoms with Gasteiger partial charge in [0, 0.05) is 20.1 Å². The molecule has 0 radical (unpaired) electrons. The summed E-state index contributed by atoms with van der Waals surface area (Å²) in [5.41, 5.74) is 1.17. The second-order valence-electron chi connectivity index (χ2n) is 5.31. The first-order valence-corrected chi connectivity index (χ1v) is 7.64. The number of carbonyl (C=O) groups is 1. The monoisotopic (exact) mass is 342 g/mol. The number of aliphatic hydroxyl groups is 1. The molecule has 0 aromatic heterocycles. The number of carboxylic acids is 1. The second kappa shape index (κ2) is 9.46. The Morgan fingerprint density at radius 2 is 1.58 bits per heavy atom. The molecule has 0 saturated carbocycles. The van der Waals surface area contributed by atoms with E-state index in [0.717, 1.165) is 0 Å². The van der Waals surface area contributed by atoms with E-state index < -0.39 is 24.3 Å². The van der Waals surface area contributed by atoms with Crippen LogP contribution in [0.4, 0.5) is 0 Å². The molecule has 24 heavy (non-hydrogen) atoms. The molecule has 0 aliphatic heterocycles. The summed E-state index contributed by atoms with van der Waals surface area (Å²) in [6, 6.07) is 3.38. The fourth-order valence-corrected chi connectivity index (χ4v) is 2.69. The Hall–Kier alpha value is -1.83. The van der Waals surface area contributed by atoms with Gasteiger partial charge in [-0.3, -0.25) is 4.79 Å². The maximum atomic E-state index is 11.2. The Kier molecular flexibility index (Phi) is 7.97. The highest BCUT2D eigenvalue weighted by atomic mass is 16.7. The molecule has 2 unspecified atom stereocenters. The highest BCUT2D eigenvalue weighted by Crippen LogP contribution is 2.40. The van der Waals surface area contributed by atoms with Crippen LogP contribution < -0.4 is 9.47 Å². The van der Waals surface area contributed by atoms with Crippen molar-refractivity contribution in [3.63, 3.8) is 0 Å². The normalized spacial score (nSPS) is 13.6. The van der Waals surface area contributed by atoms with Gasteiger partial charge in [0.2, 0.25) is 0 Å². The molecule has 0 fully saturated rings. The first kappa shape index (κ1) is 20.2. The third-order valence-corrected chi connectivity index (χ3v) is 3.90. The second-order valence-corrected chi connectivity index (χ2v) is 5.31. The highest BCUT2D eigenvalue weighted by molar-refractivity contribution is 5.68. The largest absolute Gasteiger partial charge is 0.496 e. The summed E-state index contributed by atoms with van der Waals surface area (Å²) in [5.74, 6) is -0.678. The molecule has 0 saturated heterocycles. The van der Waals surface area contributed by atoms with Gasteiger partial charge in [0.05, 0.1) is 32.3 Å².